The first kappa shape index (κ1) is 12.4. The van der Waals surface area contributed by atoms with Crippen LogP contribution >= 0.6 is 11.6 Å². The number of hydrogen-bond donors (Lipinski definition) is 2. The Balaban J connectivity index is 2.41. The van der Waals surface area contributed by atoms with Crippen LogP contribution in [0.3, 0.4) is 0 Å². The van der Waals surface area contributed by atoms with E-state index in [2.05, 4.69) is 4.98 Å². The molecule has 0 amide bonds. The van der Waals surface area contributed by atoms with E-state index in [1.54, 1.807) is 36.5 Å². The summed E-state index contributed by atoms with van der Waals surface area (Å²) in [6, 6.07) is 8.49. The van der Waals surface area contributed by atoms with Crippen molar-refractivity contribution in [3.05, 3.63) is 52.7 Å². The Hall–Kier alpha value is -2.07. The predicted molar refractivity (Wildman–Crippen MR) is 72.6 cm³/mol. The highest BCUT2D eigenvalue weighted by molar-refractivity contribution is 6.31. The second-order valence-electron chi connectivity index (χ2n) is 3.69. The smallest absolute Gasteiger partial charge is 0.213 e. The second kappa shape index (κ2) is 5.06. The largest absolute Gasteiger partial charge is 0.481 e. The molecule has 0 fully saturated rings. The molecule has 2 aromatic rings. The fourth-order valence-corrected chi connectivity index (χ4v) is 1.77. The Bertz CT molecular complexity index is 599. The molecule has 2 rings (SSSR count). The van der Waals surface area contributed by atoms with Gasteiger partial charge in [-0.1, -0.05) is 11.6 Å². The standard InChI is InChI=1S/C13H12ClN3O/c1-18-12-6-8(4-5-17-12)13(16)10-3-2-9(14)7-11(10)15/h2-7,16H,15H2,1H3. The first-order valence-electron chi connectivity index (χ1n) is 5.26. The third-order valence-electron chi connectivity index (χ3n) is 2.52. The number of methoxy groups -OCH3 is 1. The molecule has 18 heavy (non-hydrogen) atoms. The number of anilines is 1. The molecule has 1 aromatic carbocycles. The van der Waals surface area contributed by atoms with E-state index in [0.717, 1.165) is 0 Å². The van der Waals surface area contributed by atoms with Gasteiger partial charge in [0.1, 0.15) is 0 Å². The van der Waals surface area contributed by atoms with Crippen LogP contribution in [0.2, 0.25) is 5.02 Å². The third-order valence-corrected chi connectivity index (χ3v) is 2.75. The maximum absolute atomic E-state index is 8.15. The van der Waals surface area contributed by atoms with Gasteiger partial charge in [-0.2, -0.15) is 0 Å². The predicted octanol–water partition coefficient (Wildman–Crippen LogP) is 2.74. The third kappa shape index (κ3) is 2.43. The van der Waals surface area contributed by atoms with Gasteiger partial charge < -0.3 is 10.5 Å². The van der Waals surface area contributed by atoms with Gasteiger partial charge in [-0.25, -0.2) is 4.98 Å². The zero-order chi connectivity index (χ0) is 13.1. The summed E-state index contributed by atoms with van der Waals surface area (Å²) in [5, 5.41) is 8.70. The van der Waals surface area contributed by atoms with Crippen molar-refractivity contribution >= 4 is 23.0 Å². The molecule has 0 aliphatic carbocycles. The van der Waals surface area contributed by atoms with Crippen LogP contribution in [0.25, 0.3) is 0 Å². The van der Waals surface area contributed by atoms with E-state index in [1.807, 2.05) is 0 Å². The van der Waals surface area contributed by atoms with Crippen molar-refractivity contribution in [1.82, 2.24) is 4.98 Å². The molecule has 5 heteroatoms. The Morgan fingerprint density at radius 2 is 2.11 bits per heavy atom. The van der Waals surface area contributed by atoms with Crippen LogP contribution in [0.4, 0.5) is 5.69 Å². The average Bonchev–Trinajstić information content (AvgIpc) is 2.38. The summed E-state index contributed by atoms with van der Waals surface area (Å²) in [5.74, 6) is 0.463. The van der Waals surface area contributed by atoms with Gasteiger partial charge in [0.15, 0.2) is 0 Å². The molecule has 0 saturated carbocycles. The molecule has 92 valence electrons. The minimum atomic E-state index is 0.310. The van der Waals surface area contributed by atoms with Crippen LogP contribution in [0.1, 0.15) is 11.1 Å². The summed E-state index contributed by atoms with van der Waals surface area (Å²) < 4.78 is 5.03. The van der Waals surface area contributed by atoms with Gasteiger partial charge in [-0.05, 0) is 24.3 Å². The van der Waals surface area contributed by atoms with Gasteiger partial charge in [0.05, 0.1) is 12.8 Å². The summed E-state index contributed by atoms with van der Waals surface area (Å²) >= 11 is 5.83. The van der Waals surface area contributed by atoms with Gasteiger partial charge in [0.25, 0.3) is 0 Å². The number of pyridine rings is 1. The molecule has 0 radical (unpaired) electrons. The Morgan fingerprint density at radius 1 is 1.33 bits per heavy atom. The average molecular weight is 262 g/mol. The lowest BCUT2D eigenvalue weighted by molar-refractivity contribution is 0.398. The minimum absolute atomic E-state index is 0.310. The lowest BCUT2D eigenvalue weighted by Crippen LogP contribution is -2.06. The molecule has 0 saturated heterocycles. The number of nitrogens with two attached hydrogens (primary N) is 1. The topological polar surface area (TPSA) is 72.0 Å². The molecule has 1 aromatic heterocycles. The van der Waals surface area contributed by atoms with Gasteiger partial charge in [-0.3, -0.25) is 5.41 Å². The first-order valence-corrected chi connectivity index (χ1v) is 5.64. The number of nitrogens with one attached hydrogen (secondary N) is 1. The summed E-state index contributed by atoms with van der Waals surface area (Å²) in [6.07, 6.45) is 1.59. The van der Waals surface area contributed by atoms with E-state index in [9.17, 15) is 0 Å². The summed E-state index contributed by atoms with van der Waals surface area (Å²) in [7, 11) is 1.53. The van der Waals surface area contributed by atoms with Crippen LogP contribution in [0.5, 0.6) is 5.88 Å². The second-order valence-corrected chi connectivity index (χ2v) is 4.13. The van der Waals surface area contributed by atoms with Crippen LogP contribution in [0.15, 0.2) is 36.5 Å². The summed E-state index contributed by atoms with van der Waals surface area (Å²) in [5.41, 5.74) is 7.97. The van der Waals surface area contributed by atoms with Gasteiger partial charge in [0, 0.05) is 34.1 Å². The van der Waals surface area contributed by atoms with Crippen molar-refractivity contribution in [3.63, 3.8) is 0 Å². The quantitative estimate of drug-likeness (QED) is 0.659. The molecule has 0 unspecified atom stereocenters. The lowest BCUT2D eigenvalue weighted by atomic mass is 10.0. The highest BCUT2D eigenvalue weighted by Crippen LogP contribution is 2.21. The first-order chi connectivity index (χ1) is 8.61. The maximum atomic E-state index is 8.15. The Labute approximate surface area is 110 Å². The molecule has 0 aliphatic heterocycles. The van der Waals surface area contributed by atoms with Crippen LogP contribution in [-0.4, -0.2) is 17.8 Å². The van der Waals surface area contributed by atoms with E-state index in [0.29, 0.717) is 33.4 Å². The molecule has 3 N–H and O–H groups in total. The van der Waals surface area contributed by atoms with Crippen LogP contribution in [0, 0.1) is 5.41 Å². The molecular formula is C13H12ClN3O. The molecule has 1 heterocycles. The zero-order valence-electron chi connectivity index (χ0n) is 9.77. The van der Waals surface area contributed by atoms with E-state index in [1.165, 1.54) is 7.11 Å². The number of halogens is 1. The van der Waals surface area contributed by atoms with Crippen LogP contribution < -0.4 is 10.5 Å². The van der Waals surface area contributed by atoms with Crippen molar-refractivity contribution in [2.45, 2.75) is 0 Å². The van der Waals surface area contributed by atoms with E-state index in [4.69, 9.17) is 27.5 Å². The zero-order valence-corrected chi connectivity index (χ0v) is 10.5. The lowest BCUT2D eigenvalue weighted by Gasteiger charge is -2.08. The number of aromatic nitrogens is 1. The van der Waals surface area contributed by atoms with Crippen molar-refractivity contribution in [2.75, 3.05) is 12.8 Å². The fourth-order valence-electron chi connectivity index (χ4n) is 1.59. The number of ether oxygens (including phenoxy) is 1. The number of rotatable bonds is 3. The van der Waals surface area contributed by atoms with E-state index >= 15 is 0 Å². The van der Waals surface area contributed by atoms with Gasteiger partial charge >= 0.3 is 0 Å². The normalized spacial score (nSPS) is 10.1. The summed E-state index contributed by atoms with van der Waals surface area (Å²) in [4.78, 5) is 4.00. The van der Waals surface area contributed by atoms with Gasteiger partial charge in [0.2, 0.25) is 5.88 Å². The van der Waals surface area contributed by atoms with Crippen molar-refractivity contribution in [3.8, 4) is 5.88 Å². The van der Waals surface area contributed by atoms with Gasteiger partial charge in [-0.15, -0.1) is 0 Å². The SMILES string of the molecule is COc1cc(C(=N)c2ccc(Cl)cc2N)ccn1. The maximum Gasteiger partial charge on any atom is 0.213 e. The van der Waals surface area contributed by atoms with Crippen molar-refractivity contribution in [2.24, 2.45) is 0 Å². The van der Waals surface area contributed by atoms with Crippen LogP contribution in [-0.2, 0) is 0 Å². The number of nitrogens with zero attached hydrogens (tertiary/aromatic N) is 1. The molecule has 0 bridgehead atoms. The van der Waals surface area contributed by atoms with Crippen molar-refractivity contribution < 1.29 is 4.74 Å². The minimum Gasteiger partial charge on any atom is -0.481 e. The molecule has 4 nitrogen and oxygen atoms in total. The highest BCUT2D eigenvalue weighted by Gasteiger charge is 2.10. The van der Waals surface area contributed by atoms with Crippen molar-refractivity contribution in [1.29, 1.82) is 5.41 Å². The molecule has 0 atom stereocenters. The Morgan fingerprint density at radius 3 is 2.78 bits per heavy atom. The molecular weight excluding hydrogens is 250 g/mol. The number of benzene rings is 1. The van der Waals surface area contributed by atoms with E-state index in [-0.39, 0.29) is 0 Å². The molecule has 0 spiro atoms. The molecule has 0 aliphatic rings. The number of nitrogen functional groups attached to an aromatic ring is 1. The highest BCUT2D eigenvalue weighted by atomic mass is 35.5. The summed E-state index contributed by atoms with van der Waals surface area (Å²) in [6.45, 7) is 0. The Kier molecular flexibility index (Phi) is 3.48. The monoisotopic (exact) mass is 261 g/mol. The number of hydrogen-bond acceptors (Lipinski definition) is 4. The van der Waals surface area contributed by atoms with E-state index < -0.39 is 0 Å². The fraction of sp³-hybridized carbons (Fsp3) is 0.0769.